The van der Waals surface area contributed by atoms with Gasteiger partial charge >= 0.3 is 6.03 Å². The van der Waals surface area contributed by atoms with Crippen molar-refractivity contribution in [2.24, 2.45) is 0 Å². The van der Waals surface area contributed by atoms with Gasteiger partial charge in [0.1, 0.15) is 18.2 Å². The first-order valence-corrected chi connectivity index (χ1v) is 8.18. The van der Waals surface area contributed by atoms with E-state index in [2.05, 4.69) is 15.6 Å². The van der Waals surface area contributed by atoms with Crippen molar-refractivity contribution in [1.29, 1.82) is 0 Å². The smallest absolute Gasteiger partial charge is 0.319 e. The number of amides is 2. The van der Waals surface area contributed by atoms with Crippen molar-refractivity contribution < 1.29 is 18.7 Å². The third kappa shape index (κ3) is 5.15. The van der Waals surface area contributed by atoms with Gasteiger partial charge in [-0.25, -0.2) is 9.18 Å². The summed E-state index contributed by atoms with van der Waals surface area (Å²) in [6, 6.07) is 7.20. The van der Waals surface area contributed by atoms with Crippen molar-refractivity contribution in [2.75, 3.05) is 18.5 Å². The molecule has 0 spiro atoms. The molecule has 25 heavy (non-hydrogen) atoms. The summed E-state index contributed by atoms with van der Waals surface area (Å²) in [5.74, 6) is -0.0372. The summed E-state index contributed by atoms with van der Waals surface area (Å²) in [5.41, 5.74) is 1.20. The molecule has 1 aromatic carbocycles. The lowest BCUT2D eigenvalue weighted by Gasteiger charge is -2.15. The molecule has 1 aliphatic heterocycles. The first-order chi connectivity index (χ1) is 12.2. The molecule has 132 valence electrons. The summed E-state index contributed by atoms with van der Waals surface area (Å²) in [6.45, 7) is 1.45. The van der Waals surface area contributed by atoms with E-state index in [0.717, 1.165) is 25.0 Å². The molecule has 1 aromatic heterocycles. The number of nitrogens with one attached hydrogen (secondary N) is 2. The van der Waals surface area contributed by atoms with Crippen LogP contribution in [0.4, 0.5) is 14.9 Å². The average molecular weight is 345 g/mol. The summed E-state index contributed by atoms with van der Waals surface area (Å²) in [7, 11) is 0. The number of nitrogens with zero attached hydrogens (tertiary/aromatic N) is 1. The highest BCUT2D eigenvalue weighted by Crippen LogP contribution is 2.26. The zero-order valence-corrected chi connectivity index (χ0v) is 13.7. The van der Waals surface area contributed by atoms with E-state index in [1.54, 1.807) is 24.5 Å². The van der Waals surface area contributed by atoms with E-state index >= 15 is 0 Å². The number of carbonyl (C=O) groups excluding carboxylic acids is 1. The van der Waals surface area contributed by atoms with Gasteiger partial charge in [0.05, 0.1) is 11.8 Å². The molecule has 1 aliphatic rings. The van der Waals surface area contributed by atoms with Gasteiger partial charge < -0.3 is 20.1 Å². The minimum Gasteiger partial charge on any atom is -0.489 e. The van der Waals surface area contributed by atoms with Crippen LogP contribution in [0.1, 0.15) is 18.4 Å². The van der Waals surface area contributed by atoms with E-state index in [4.69, 9.17) is 9.47 Å². The highest BCUT2D eigenvalue weighted by Gasteiger charge is 2.17. The molecule has 1 saturated heterocycles. The fraction of sp³-hybridized carbons (Fsp3) is 0.333. The molecule has 1 fully saturated rings. The molecule has 2 N–H and O–H groups in total. The van der Waals surface area contributed by atoms with E-state index in [1.165, 1.54) is 18.2 Å². The van der Waals surface area contributed by atoms with E-state index in [0.29, 0.717) is 18.9 Å². The van der Waals surface area contributed by atoms with Gasteiger partial charge in [-0.15, -0.1) is 0 Å². The number of carbonyl (C=O) groups is 1. The number of anilines is 1. The molecule has 1 atom stereocenters. The zero-order valence-electron chi connectivity index (χ0n) is 13.7. The van der Waals surface area contributed by atoms with Crippen LogP contribution < -0.4 is 15.4 Å². The molecule has 1 unspecified atom stereocenters. The number of rotatable bonds is 6. The van der Waals surface area contributed by atoms with Crippen molar-refractivity contribution in [2.45, 2.75) is 25.5 Å². The lowest BCUT2D eigenvalue weighted by molar-refractivity contribution is 0.0682. The number of halogens is 1. The first-order valence-electron chi connectivity index (χ1n) is 8.18. The molecule has 0 bridgehead atoms. The summed E-state index contributed by atoms with van der Waals surface area (Å²) in [4.78, 5) is 16.0. The Hall–Kier alpha value is -2.67. The van der Waals surface area contributed by atoms with Crippen LogP contribution in [0.5, 0.6) is 5.75 Å². The number of ether oxygens (including phenoxy) is 2. The molecule has 7 heteroatoms. The maximum Gasteiger partial charge on any atom is 0.319 e. The van der Waals surface area contributed by atoms with E-state index < -0.39 is 11.8 Å². The Labute approximate surface area is 145 Å². The predicted octanol–water partition coefficient (Wildman–Crippen LogP) is 3.10. The quantitative estimate of drug-likeness (QED) is 0.844. The molecule has 3 rings (SSSR count). The highest BCUT2D eigenvalue weighted by molar-refractivity contribution is 5.90. The lowest BCUT2D eigenvalue weighted by atomic mass is 10.2. The van der Waals surface area contributed by atoms with Crippen molar-refractivity contribution in [3.05, 3.63) is 54.1 Å². The standard InChI is InChI=1S/C18H20FN3O3/c19-14-3-4-17(25-12-15-2-1-9-24-15)16(10-14)22-18(23)21-11-13-5-7-20-8-6-13/h3-8,10,15H,1-2,9,11-12H2,(H2,21,22,23). The van der Waals surface area contributed by atoms with Crippen molar-refractivity contribution in [1.82, 2.24) is 10.3 Å². The fourth-order valence-corrected chi connectivity index (χ4v) is 2.53. The van der Waals surface area contributed by atoms with Gasteiger partial charge in [0.25, 0.3) is 0 Å². The highest BCUT2D eigenvalue weighted by atomic mass is 19.1. The fourth-order valence-electron chi connectivity index (χ4n) is 2.53. The summed E-state index contributed by atoms with van der Waals surface area (Å²) in [6.07, 6.45) is 5.30. The van der Waals surface area contributed by atoms with Crippen molar-refractivity contribution in [3.8, 4) is 5.75 Å². The van der Waals surface area contributed by atoms with Crippen molar-refractivity contribution in [3.63, 3.8) is 0 Å². The van der Waals surface area contributed by atoms with Gasteiger partial charge in [-0.2, -0.15) is 0 Å². The monoisotopic (exact) mass is 345 g/mol. The number of hydrogen-bond donors (Lipinski definition) is 2. The minimum absolute atomic E-state index is 0.0402. The van der Waals surface area contributed by atoms with Crippen LogP contribution >= 0.6 is 0 Å². The summed E-state index contributed by atoms with van der Waals surface area (Å²) in [5, 5.41) is 5.34. The Balaban J connectivity index is 1.57. The maximum absolute atomic E-state index is 13.5. The Kier molecular flexibility index (Phi) is 5.79. The van der Waals surface area contributed by atoms with Gasteiger partial charge in [0, 0.05) is 31.6 Å². The third-order valence-electron chi connectivity index (χ3n) is 3.84. The Morgan fingerprint density at radius 1 is 1.32 bits per heavy atom. The molecule has 0 aliphatic carbocycles. The summed E-state index contributed by atoms with van der Waals surface area (Å²) >= 11 is 0. The minimum atomic E-state index is -0.450. The van der Waals surface area contributed by atoms with Crippen LogP contribution in [0.2, 0.25) is 0 Å². The van der Waals surface area contributed by atoms with Crippen LogP contribution in [0.3, 0.4) is 0 Å². The van der Waals surface area contributed by atoms with Crippen LogP contribution in [-0.2, 0) is 11.3 Å². The molecule has 0 radical (unpaired) electrons. The number of pyridine rings is 1. The Morgan fingerprint density at radius 3 is 2.92 bits per heavy atom. The largest absolute Gasteiger partial charge is 0.489 e. The maximum atomic E-state index is 13.5. The van der Waals surface area contributed by atoms with Gasteiger partial charge in [0.15, 0.2) is 0 Å². The van der Waals surface area contributed by atoms with E-state index in [1.807, 2.05) is 0 Å². The van der Waals surface area contributed by atoms with Crippen molar-refractivity contribution >= 4 is 11.7 Å². The van der Waals surface area contributed by atoms with E-state index in [-0.39, 0.29) is 11.8 Å². The molecule has 6 nitrogen and oxygen atoms in total. The van der Waals surface area contributed by atoms with Gasteiger partial charge in [-0.1, -0.05) is 0 Å². The molecular weight excluding hydrogens is 325 g/mol. The second-order valence-electron chi connectivity index (χ2n) is 5.75. The molecule has 2 heterocycles. The van der Waals surface area contributed by atoms with Gasteiger partial charge in [-0.3, -0.25) is 4.98 Å². The van der Waals surface area contributed by atoms with Crippen LogP contribution in [0.15, 0.2) is 42.7 Å². The molecular formula is C18H20FN3O3. The second kappa shape index (κ2) is 8.43. The Morgan fingerprint density at radius 2 is 2.16 bits per heavy atom. The molecule has 2 amide bonds. The zero-order chi connectivity index (χ0) is 17.5. The summed E-state index contributed by atoms with van der Waals surface area (Å²) < 4.78 is 24.7. The second-order valence-corrected chi connectivity index (χ2v) is 5.75. The predicted molar refractivity (Wildman–Crippen MR) is 91.0 cm³/mol. The third-order valence-corrected chi connectivity index (χ3v) is 3.84. The van der Waals surface area contributed by atoms with Crippen LogP contribution in [0, 0.1) is 5.82 Å². The van der Waals surface area contributed by atoms with E-state index in [9.17, 15) is 9.18 Å². The van der Waals surface area contributed by atoms with Crippen LogP contribution in [-0.4, -0.2) is 30.3 Å². The average Bonchev–Trinajstić information content (AvgIpc) is 3.14. The normalized spacial score (nSPS) is 16.4. The first kappa shape index (κ1) is 17.2. The number of urea groups is 1. The SMILES string of the molecule is O=C(NCc1ccncc1)Nc1cc(F)ccc1OCC1CCCO1. The lowest BCUT2D eigenvalue weighted by Crippen LogP contribution is -2.28. The number of aromatic nitrogens is 1. The van der Waals surface area contributed by atoms with Crippen LogP contribution in [0.25, 0.3) is 0 Å². The molecule has 2 aromatic rings. The molecule has 0 saturated carbocycles. The van der Waals surface area contributed by atoms with Gasteiger partial charge in [0.2, 0.25) is 0 Å². The number of benzene rings is 1. The number of hydrogen-bond acceptors (Lipinski definition) is 4. The Bertz CT molecular complexity index is 706. The van der Waals surface area contributed by atoms with Gasteiger partial charge in [-0.05, 0) is 42.7 Å². The topological polar surface area (TPSA) is 72.5 Å².